The second-order valence-electron chi connectivity index (χ2n) is 3.98. The van der Waals surface area contributed by atoms with Crippen LogP contribution in [0.15, 0.2) is 0 Å². The fourth-order valence-electron chi connectivity index (χ4n) is 2.44. The van der Waals surface area contributed by atoms with Gasteiger partial charge in [0.15, 0.2) is 12.0 Å². The molecule has 0 radical (unpaired) electrons. The monoisotopic (exact) mass is 215 g/mol. The summed E-state index contributed by atoms with van der Waals surface area (Å²) in [6.45, 7) is 1.99. The number of amides is 1. The summed E-state index contributed by atoms with van der Waals surface area (Å²) in [7, 11) is 0. The molecular weight excluding hydrogens is 201 g/mol. The van der Waals surface area contributed by atoms with Gasteiger partial charge in [-0.3, -0.25) is 9.69 Å². The van der Waals surface area contributed by atoms with E-state index >= 15 is 0 Å². The third-order valence-corrected chi connectivity index (χ3v) is 3.11. The van der Waals surface area contributed by atoms with Crippen LogP contribution in [0.2, 0.25) is 0 Å². The fraction of sp³-hybridized carbons (Fsp3) is 0.800. The number of hydrogen-bond donors (Lipinski definition) is 0. The number of hydrogen-bond acceptors (Lipinski definition) is 3. The molecule has 0 spiro atoms. The van der Waals surface area contributed by atoms with Crippen LogP contribution in [-0.2, 0) is 9.53 Å². The molecule has 2 bridgehead atoms. The van der Waals surface area contributed by atoms with Crippen molar-refractivity contribution >= 4 is 11.9 Å². The van der Waals surface area contributed by atoms with Crippen LogP contribution in [0.1, 0.15) is 26.2 Å². The normalized spacial score (nSPS) is 34.4. The van der Waals surface area contributed by atoms with Gasteiger partial charge in [-0.2, -0.15) is 0 Å². The molecule has 2 fully saturated rings. The summed E-state index contributed by atoms with van der Waals surface area (Å²) in [5.41, 5.74) is 0. The Bertz CT molecular complexity index is 294. The molecule has 0 saturated carbocycles. The number of rotatable bonds is 1. The minimum atomic E-state index is -1.52. The minimum absolute atomic E-state index is 0.135. The molecule has 2 aliphatic rings. The van der Waals surface area contributed by atoms with Crippen molar-refractivity contribution in [3.63, 3.8) is 0 Å². The lowest BCUT2D eigenvalue weighted by atomic mass is 10.0. The zero-order chi connectivity index (χ0) is 11.0. The van der Waals surface area contributed by atoms with Crippen LogP contribution in [0.3, 0.4) is 0 Å². The van der Waals surface area contributed by atoms with E-state index < -0.39 is 18.3 Å². The Kier molecular flexibility index (Phi) is 2.63. The van der Waals surface area contributed by atoms with E-state index in [1.54, 1.807) is 6.92 Å². The Labute approximate surface area is 87.4 Å². The van der Waals surface area contributed by atoms with E-state index in [1.807, 2.05) is 0 Å². The van der Waals surface area contributed by atoms with Crippen LogP contribution in [0, 0.1) is 0 Å². The van der Waals surface area contributed by atoms with Crippen molar-refractivity contribution in [2.24, 2.45) is 0 Å². The van der Waals surface area contributed by atoms with Crippen molar-refractivity contribution in [3.8, 4) is 0 Å². The Morgan fingerprint density at radius 2 is 2.33 bits per heavy atom. The summed E-state index contributed by atoms with van der Waals surface area (Å²) in [6, 6.07) is -0.733. The third-order valence-electron chi connectivity index (χ3n) is 3.11. The van der Waals surface area contributed by atoms with Gasteiger partial charge >= 0.3 is 6.09 Å². The predicted molar refractivity (Wildman–Crippen MR) is 50.2 cm³/mol. The number of Topliss-reactive ketones (excluding diaryl/α,β-unsaturated/α-hetero) is 1. The van der Waals surface area contributed by atoms with Gasteiger partial charge in [0.25, 0.3) is 0 Å². The van der Waals surface area contributed by atoms with E-state index in [4.69, 9.17) is 4.74 Å². The second-order valence-corrected chi connectivity index (χ2v) is 3.98. The van der Waals surface area contributed by atoms with E-state index in [2.05, 4.69) is 0 Å². The standard InChI is InChI=1S/C10H14FNO3/c1-2-15-10(14)12-6-3-4-7(12)9(11)8(13)5-6/h6-7,9H,2-5H2,1H3/t6-,7+,9+/m0/s1. The van der Waals surface area contributed by atoms with Crippen molar-refractivity contribution in [1.82, 2.24) is 4.90 Å². The maximum absolute atomic E-state index is 13.5. The van der Waals surface area contributed by atoms with E-state index in [1.165, 1.54) is 4.90 Å². The van der Waals surface area contributed by atoms with Gasteiger partial charge in [-0.1, -0.05) is 0 Å². The van der Waals surface area contributed by atoms with Crippen LogP contribution >= 0.6 is 0 Å². The quantitative estimate of drug-likeness (QED) is 0.662. The van der Waals surface area contributed by atoms with Gasteiger partial charge in [0.2, 0.25) is 0 Å². The van der Waals surface area contributed by atoms with E-state index in [9.17, 15) is 14.0 Å². The molecule has 2 rings (SSSR count). The maximum Gasteiger partial charge on any atom is 0.410 e. The number of piperidine rings is 1. The predicted octanol–water partition coefficient (Wildman–Crippen LogP) is 1.29. The van der Waals surface area contributed by atoms with E-state index in [0.717, 1.165) is 0 Å². The van der Waals surface area contributed by atoms with Crippen molar-refractivity contribution in [3.05, 3.63) is 0 Å². The summed E-state index contributed by atoms with van der Waals surface area (Å²) in [5.74, 6) is -0.372. The molecule has 0 N–H and O–H groups in total. The lowest BCUT2D eigenvalue weighted by Gasteiger charge is -2.34. The molecule has 0 aromatic rings. The lowest BCUT2D eigenvalue weighted by Crippen LogP contribution is -2.53. The SMILES string of the molecule is CCOC(=O)N1[C@H]2CC[C@@H]1[C@@H](F)C(=O)C2. The maximum atomic E-state index is 13.5. The highest BCUT2D eigenvalue weighted by Gasteiger charge is 2.49. The van der Waals surface area contributed by atoms with Gasteiger partial charge in [0.05, 0.1) is 12.6 Å². The first-order valence-corrected chi connectivity index (χ1v) is 5.27. The Morgan fingerprint density at radius 1 is 1.60 bits per heavy atom. The number of ketones is 1. The third kappa shape index (κ3) is 1.60. The largest absolute Gasteiger partial charge is 0.450 e. The molecule has 5 heteroatoms. The van der Waals surface area contributed by atoms with Crippen LogP contribution in [0.5, 0.6) is 0 Å². The number of carbonyl (C=O) groups is 2. The van der Waals surface area contributed by atoms with Crippen LogP contribution < -0.4 is 0 Å². The van der Waals surface area contributed by atoms with E-state index in [0.29, 0.717) is 12.8 Å². The molecule has 0 unspecified atom stereocenters. The van der Waals surface area contributed by atoms with Gasteiger partial charge in [0, 0.05) is 12.5 Å². The summed E-state index contributed by atoms with van der Waals surface area (Å²) in [6.07, 6.45) is -0.601. The number of nitrogens with zero attached hydrogens (tertiary/aromatic N) is 1. The number of fused-ring (bicyclic) bond motifs is 2. The molecule has 2 saturated heterocycles. The minimum Gasteiger partial charge on any atom is -0.450 e. The Morgan fingerprint density at radius 3 is 3.00 bits per heavy atom. The van der Waals surface area contributed by atoms with Crippen LogP contribution in [-0.4, -0.2) is 41.6 Å². The second kappa shape index (κ2) is 3.79. The molecular formula is C10H14FNO3. The van der Waals surface area contributed by atoms with Crippen molar-refractivity contribution in [2.75, 3.05) is 6.61 Å². The molecule has 4 nitrogen and oxygen atoms in total. The Balaban J connectivity index is 2.14. The highest BCUT2D eigenvalue weighted by molar-refractivity contribution is 5.87. The Hall–Kier alpha value is -1.13. The molecule has 0 aliphatic carbocycles. The summed E-state index contributed by atoms with van der Waals surface area (Å²) in [5, 5.41) is 0. The molecule has 84 valence electrons. The molecule has 0 aromatic carbocycles. The summed E-state index contributed by atoms with van der Waals surface area (Å²) < 4.78 is 18.4. The summed E-state index contributed by atoms with van der Waals surface area (Å²) in [4.78, 5) is 24.2. The number of carbonyl (C=O) groups excluding carboxylic acids is 2. The zero-order valence-corrected chi connectivity index (χ0v) is 8.61. The molecule has 2 heterocycles. The number of alkyl halides is 1. The van der Waals surface area contributed by atoms with Gasteiger partial charge in [-0.05, 0) is 19.8 Å². The lowest BCUT2D eigenvalue weighted by molar-refractivity contribution is -0.129. The average Bonchev–Trinajstić information content (AvgIpc) is 2.54. The first-order valence-electron chi connectivity index (χ1n) is 5.27. The van der Waals surface area contributed by atoms with Crippen molar-refractivity contribution in [2.45, 2.75) is 44.4 Å². The van der Waals surface area contributed by atoms with Gasteiger partial charge < -0.3 is 4.74 Å². The van der Waals surface area contributed by atoms with Gasteiger partial charge in [0.1, 0.15) is 0 Å². The first-order chi connectivity index (χ1) is 7.15. The highest BCUT2D eigenvalue weighted by atomic mass is 19.1. The molecule has 3 atom stereocenters. The highest BCUT2D eigenvalue weighted by Crippen LogP contribution is 2.35. The zero-order valence-electron chi connectivity index (χ0n) is 8.61. The van der Waals surface area contributed by atoms with Gasteiger partial charge in [-0.15, -0.1) is 0 Å². The summed E-state index contributed by atoms with van der Waals surface area (Å²) >= 11 is 0. The van der Waals surface area contributed by atoms with Crippen molar-refractivity contribution < 1.29 is 18.7 Å². The molecule has 15 heavy (non-hydrogen) atoms. The van der Waals surface area contributed by atoms with Crippen LogP contribution in [0.25, 0.3) is 0 Å². The number of halogens is 1. The van der Waals surface area contributed by atoms with Crippen LogP contribution in [0.4, 0.5) is 9.18 Å². The number of ether oxygens (including phenoxy) is 1. The van der Waals surface area contributed by atoms with E-state index in [-0.39, 0.29) is 24.9 Å². The molecule has 1 amide bonds. The smallest absolute Gasteiger partial charge is 0.410 e. The fourth-order valence-corrected chi connectivity index (χ4v) is 2.44. The van der Waals surface area contributed by atoms with Crippen molar-refractivity contribution in [1.29, 1.82) is 0 Å². The molecule has 0 aromatic heterocycles. The topological polar surface area (TPSA) is 46.6 Å². The molecule has 2 aliphatic heterocycles. The van der Waals surface area contributed by atoms with Gasteiger partial charge in [-0.25, -0.2) is 9.18 Å². The first kappa shape index (κ1) is 10.4. The average molecular weight is 215 g/mol.